The van der Waals surface area contributed by atoms with Gasteiger partial charge >= 0.3 is 5.63 Å². The van der Waals surface area contributed by atoms with E-state index in [1.165, 1.54) is 19.3 Å². The van der Waals surface area contributed by atoms with E-state index in [0.717, 1.165) is 36.6 Å². The summed E-state index contributed by atoms with van der Waals surface area (Å²) in [7, 11) is 0. The number of rotatable bonds is 3. The molecule has 128 valence electrons. The predicted octanol–water partition coefficient (Wildman–Crippen LogP) is 4.37. The van der Waals surface area contributed by atoms with E-state index in [9.17, 15) is 9.59 Å². The van der Waals surface area contributed by atoms with Gasteiger partial charge in [-0.05, 0) is 36.6 Å². The Bertz CT molecular complexity index is 776. The smallest absolute Gasteiger partial charge is 0.349 e. The van der Waals surface area contributed by atoms with Crippen LogP contribution in [-0.4, -0.2) is 11.9 Å². The van der Waals surface area contributed by atoms with Crippen molar-refractivity contribution in [1.29, 1.82) is 0 Å². The number of amides is 1. The monoisotopic (exact) mass is 347 g/mol. The van der Waals surface area contributed by atoms with E-state index in [2.05, 4.69) is 5.32 Å². The first-order valence-electron chi connectivity index (χ1n) is 8.61. The van der Waals surface area contributed by atoms with E-state index in [4.69, 9.17) is 16.0 Å². The van der Waals surface area contributed by atoms with Crippen LogP contribution in [-0.2, 0) is 5.88 Å². The van der Waals surface area contributed by atoms with Crippen LogP contribution in [0.15, 0.2) is 33.5 Å². The first-order valence-corrected chi connectivity index (χ1v) is 9.14. The van der Waals surface area contributed by atoms with Gasteiger partial charge in [-0.25, -0.2) is 4.79 Å². The summed E-state index contributed by atoms with van der Waals surface area (Å²) >= 11 is 5.85. The molecule has 1 aliphatic carbocycles. The van der Waals surface area contributed by atoms with Gasteiger partial charge in [-0.2, -0.15) is 0 Å². The fraction of sp³-hybridized carbons (Fsp3) is 0.474. The lowest BCUT2D eigenvalue weighted by molar-refractivity contribution is 0.0927. The Morgan fingerprint density at radius 3 is 2.54 bits per heavy atom. The van der Waals surface area contributed by atoms with Crippen LogP contribution >= 0.6 is 11.6 Å². The van der Waals surface area contributed by atoms with E-state index >= 15 is 0 Å². The molecule has 0 aliphatic heterocycles. The third-order valence-corrected chi connectivity index (χ3v) is 4.94. The highest BCUT2D eigenvalue weighted by molar-refractivity contribution is 6.17. The Labute approximate surface area is 146 Å². The van der Waals surface area contributed by atoms with Gasteiger partial charge in [-0.15, -0.1) is 11.6 Å². The van der Waals surface area contributed by atoms with Crippen molar-refractivity contribution in [2.45, 2.75) is 56.9 Å². The van der Waals surface area contributed by atoms with Crippen LogP contribution in [0.1, 0.15) is 60.9 Å². The summed E-state index contributed by atoms with van der Waals surface area (Å²) in [6.07, 6.45) is 7.89. The molecule has 1 aromatic carbocycles. The van der Waals surface area contributed by atoms with E-state index in [0.29, 0.717) is 11.5 Å². The summed E-state index contributed by atoms with van der Waals surface area (Å²) in [6.45, 7) is 0. The second-order valence-electron chi connectivity index (χ2n) is 6.47. The Morgan fingerprint density at radius 1 is 1.12 bits per heavy atom. The number of hydrogen-bond donors (Lipinski definition) is 1. The molecule has 1 aromatic heterocycles. The largest absolute Gasteiger partial charge is 0.422 e. The normalized spacial score (nSPS) is 16.5. The van der Waals surface area contributed by atoms with Crippen LogP contribution in [0.25, 0.3) is 11.0 Å². The zero-order valence-corrected chi connectivity index (χ0v) is 14.4. The number of hydrogen-bond acceptors (Lipinski definition) is 3. The van der Waals surface area contributed by atoms with Crippen molar-refractivity contribution in [1.82, 2.24) is 5.32 Å². The molecule has 1 saturated carbocycles. The van der Waals surface area contributed by atoms with Gasteiger partial charge in [-0.3, -0.25) is 4.79 Å². The van der Waals surface area contributed by atoms with Gasteiger partial charge in [0.05, 0.1) is 0 Å². The molecule has 1 fully saturated rings. The fourth-order valence-electron chi connectivity index (χ4n) is 3.28. The molecule has 4 nitrogen and oxygen atoms in total. The van der Waals surface area contributed by atoms with Gasteiger partial charge in [0, 0.05) is 17.3 Å². The van der Waals surface area contributed by atoms with Crippen molar-refractivity contribution in [2.75, 3.05) is 0 Å². The summed E-state index contributed by atoms with van der Waals surface area (Å²) < 4.78 is 5.29. The summed E-state index contributed by atoms with van der Waals surface area (Å²) in [5, 5.41) is 3.73. The van der Waals surface area contributed by atoms with Crippen LogP contribution in [0.4, 0.5) is 0 Å². The van der Waals surface area contributed by atoms with Gasteiger partial charge in [0.15, 0.2) is 0 Å². The fourth-order valence-corrected chi connectivity index (χ4v) is 3.44. The number of halogens is 1. The zero-order chi connectivity index (χ0) is 16.9. The molecular weight excluding hydrogens is 326 g/mol. The van der Waals surface area contributed by atoms with Crippen LogP contribution in [0.5, 0.6) is 0 Å². The molecule has 0 spiro atoms. The molecule has 2 aromatic rings. The minimum Gasteiger partial charge on any atom is -0.422 e. The number of nitrogens with one attached hydrogen (secondary N) is 1. The second kappa shape index (κ2) is 7.84. The van der Waals surface area contributed by atoms with Gasteiger partial charge in [0.1, 0.15) is 11.1 Å². The molecule has 3 rings (SSSR count). The number of carbonyl (C=O) groups is 1. The van der Waals surface area contributed by atoms with Crippen molar-refractivity contribution in [3.05, 3.63) is 45.8 Å². The molecule has 0 radical (unpaired) electrons. The van der Waals surface area contributed by atoms with Crippen LogP contribution in [0.3, 0.4) is 0 Å². The Kier molecular flexibility index (Phi) is 5.56. The predicted molar refractivity (Wildman–Crippen MR) is 95.6 cm³/mol. The Balaban J connectivity index is 1.82. The topological polar surface area (TPSA) is 59.3 Å². The van der Waals surface area contributed by atoms with Gasteiger partial charge < -0.3 is 9.73 Å². The standard InChI is InChI=1S/C19H22ClNO3/c20-12-13-8-9-17-14(10-13)11-16(19(23)24-17)18(22)21-15-6-4-2-1-3-5-7-15/h8-11,15H,1-7,12H2,(H,21,22). The molecule has 24 heavy (non-hydrogen) atoms. The summed E-state index contributed by atoms with van der Waals surface area (Å²) in [5.41, 5.74) is 0.863. The van der Waals surface area contributed by atoms with Crippen LogP contribution in [0, 0.1) is 0 Å². The number of alkyl halides is 1. The average Bonchev–Trinajstić information content (AvgIpc) is 2.56. The molecule has 1 amide bonds. The highest BCUT2D eigenvalue weighted by Crippen LogP contribution is 2.19. The summed E-state index contributed by atoms with van der Waals surface area (Å²) in [6, 6.07) is 7.12. The zero-order valence-electron chi connectivity index (χ0n) is 13.6. The van der Waals surface area contributed by atoms with E-state index in [1.54, 1.807) is 12.1 Å². The minimum absolute atomic E-state index is 0.0660. The van der Waals surface area contributed by atoms with Crippen LogP contribution < -0.4 is 10.9 Å². The molecule has 5 heteroatoms. The maximum atomic E-state index is 12.5. The second-order valence-corrected chi connectivity index (χ2v) is 6.74. The maximum Gasteiger partial charge on any atom is 0.349 e. The van der Waals surface area contributed by atoms with Gasteiger partial charge in [-0.1, -0.05) is 38.2 Å². The van der Waals surface area contributed by atoms with Crippen molar-refractivity contribution >= 4 is 28.5 Å². The Hall–Kier alpha value is -1.81. The van der Waals surface area contributed by atoms with Gasteiger partial charge in [0.2, 0.25) is 0 Å². The van der Waals surface area contributed by atoms with Crippen molar-refractivity contribution in [3.8, 4) is 0 Å². The number of fused-ring (bicyclic) bond motifs is 1. The van der Waals surface area contributed by atoms with Crippen LogP contribution in [0.2, 0.25) is 0 Å². The first kappa shape index (κ1) is 17.0. The van der Waals surface area contributed by atoms with E-state index in [1.807, 2.05) is 12.1 Å². The molecule has 1 aliphatic rings. The lowest BCUT2D eigenvalue weighted by atomic mass is 9.96. The molecule has 0 bridgehead atoms. The summed E-state index contributed by atoms with van der Waals surface area (Å²) in [4.78, 5) is 24.7. The summed E-state index contributed by atoms with van der Waals surface area (Å²) in [5.74, 6) is 0.0334. The van der Waals surface area contributed by atoms with E-state index in [-0.39, 0.29) is 17.5 Å². The average molecular weight is 348 g/mol. The molecule has 1 N–H and O–H groups in total. The van der Waals surface area contributed by atoms with Gasteiger partial charge in [0.25, 0.3) is 5.91 Å². The molecular formula is C19H22ClNO3. The van der Waals surface area contributed by atoms with Crippen molar-refractivity contribution < 1.29 is 9.21 Å². The quantitative estimate of drug-likeness (QED) is 0.662. The maximum absolute atomic E-state index is 12.5. The highest BCUT2D eigenvalue weighted by Gasteiger charge is 2.18. The lowest BCUT2D eigenvalue weighted by Gasteiger charge is -2.20. The first-order chi connectivity index (χ1) is 11.7. The number of carbonyl (C=O) groups excluding carboxylic acids is 1. The molecule has 0 saturated heterocycles. The molecule has 0 unspecified atom stereocenters. The molecule has 1 heterocycles. The van der Waals surface area contributed by atoms with E-state index < -0.39 is 5.63 Å². The third kappa shape index (κ3) is 3.99. The third-order valence-electron chi connectivity index (χ3n) is 4.64. The highest BCUT2D eigenvalue weighted by atomic mass is 35.5. The minimum atomic E-state index is -0.593. The van der Waals surface area contributed by atoms with Crippen molar-refractivity contribution in [2.24, 2.45) is 0 Å². The Morgan fingerprint density at radius 2 is 1.83 bits per heavy atom. The SMILES string of the molecule is O=C(NC1CCCCCCC1)c1cc2cc(CCl)ccc2oc1=O. The molecule has 0 atom stereocenters. The lowest BCUT2D eigenvalue weighted by Crippen LogP contribution is -2.37. The number of benzene rings is 1. The van der Waals surface area contributed by atoms with Crippen molar-refractivity contribution in [3.63, 3.8) is 0 Å².